The largest absolute Gasteiger partial charge is 0.497 e. The van der Waals surface area contributed by atoms with Gasteiger partial charge in [-0.15, -0.1) is 0 Å². The fraction of sp³-hybridized carbons (Fsp3) is 0.263. The second-order valence-corrected chi connectivity index (χ2v) is 8.56. The van der Waals surface area contributed by atoms with Crippen molar-refractivity contribution in [2.24, 2.45) is 0 Å². The summed E-state index contributed by atoms with van der Waals surface area (Å²) in [6.45, 7) is 0. The minimum Gasteiger partial charge on any atom is -0.497 e. The van der Waals surface area contributed by atoms with E-state index < -0.39 is 27.7 Å². The van der Waals surface area contributed by atoms with Crippen molar-refractivity contribution in [1.82, 2.24) is 10.6 Å². The molecule has 2 aromatic rings. The first-order valence-corrected chi connectivity index (χ1v) is 10.4. The number of nitrogens with one attached hydrogen (secondary N) is 2. The molecule has 0 unspecified atom stereocenters. The van der Waals surface area contributed by atoms with Crippen molar-refractivity contribution in [1.29, 1.82) is 0 Å². The summed E-state index contributed by atoms with van der Waals surface area (Å²) in [6.07, 6.45) is 3.17. The summed E-state index contributed by atoms with van der Waals surface area (Å²) >= 11 is 0. The van der Waals surface area contributed by atoms with Crippen LogP contribution in [-0.4, -0.2) is 44.9 Å². The first-order chi connectivity index (χ1) is 13.4. The number of sulfone groups is 1. The molecule has 8 nitrogen and oxygen atoms in total. The Bertz CT molecular complexity index is 978. The number of hydrogen-bond donors (Lipinski definition) is 2. The van der Waals surface area contributed by atoms with E-state index in [1.807, 2.05) is 0 Å². The molecule has 1 aliphatic rings. The topological polar surface area (TPSA) is 115 Å². The van der Waals surface area contributed by atoms with E-state index in [-0.39, 0.29) is 17.2 Å². The summed E-state index contributed by atoms with van der Waals surface area (Å²) in [5.41, 5.74) is 0.294. The van der Waals surface area contributed by atoms with Gasteiger partial charge < -0.3 is 19.8 Å². The van der Waals surface area contributed by atoms with Crippen molar-refractivity contribution in [3.05, 3.63) is 59.7 Å². The third-order valence-electron chi connectivity index (χ3n) is 4.24. The van der Waals surface area contributed by atoms with Gasteiger partial charge in [0, 0.05) is 17.7 Å². The number of hydrogen-bond acceptors (Lipinski definition) is 6. The lowest BCUT2D eigenvalue weighted by Gasteiger charge is -2.14. The molecular formula is C19H20N2O6S. The minimum atomic E-state index is -3.14. The van der Waals surface area contributed by atoms with Crippen molar-refractivity contribution in [3.8, 4) is 5.75 Å². The average molecular weight is 404 g/mol. The molecule has 3 rings (SSSR count). The van der Waals surface area contributed by atoms with Crippen molar-refractivity contribution < 1.29 is 27.2 Å². The zero-order valence-corrected chi connectivity index (χ0v) is 16.0. The zero-order chi connectivity index (χ0) is 20.1. The SMILES string of the molecule is COc1ccc(C(=O)N/C(=C/c2ccco2)C(=O)N[C@@H]2CCS(=O)(=O)C2)cc1. The zero-order valence-electron chi connectivity index (χ0n) is 15.2. The number of ether oxygens (including phenoxy) is 1. The molecule has 1 fully saturated rings. The van der Waals surface area contributed by atoms with Crippen LogP contribution in [0.25, 0.3) is 6.08 Å². The molecule has 28 heavy (non-hydrogen) atoms. The Kier molecular flexibility index (Phi) is 5.84. The molecule has 1 saturated heterocycles. The second-order valence-electron chi connectivity index (χ2n) is 6.33. The Labute approximate surface area is 162 Å². The van der Waals surface area contributed by atoms with Gasteiger partial charge in [-0.05, 0) is 42.8 Å². The predicted octanol–water partition coefficient (Wildman–Crippen LogP) is 1.36. The van der Waals surface area contributed by atoms with Gasteiger partial charge in [0.1, 0.15) is 17.2 Å². The molecule has 0 aliphatic carbocycles. The Morgan fingerprint density at radius 2 is 1.96 bits per heavy atom. The van der Waals surface area contributed by atoms with E-state index in [1.54, 1.807) is 36.4 Å². The van der Waals surface area contributed by atoms with E-state index in [9.17, 15) is 18.0 Å². The molecule has 2 N–H and O–H groups in total. The summed E-state index contributed by atoms with van der Waals surface area (Å²) in [4.78, 5) is 25.2. The Morgan fingerprint density at radius 3 is 2.54 bits per heavy atom. The summed E-state index contributed by atoms with van der Waals surface area (Å²) in [5, 5.41) is 5.22. The minimum absolute atomic E-state index is 0.0351. The van der Waals surface area contributed by atoms with Crippen LogP contribution in [0.5, 0.6) is 5.75 Å². The van der Waals surface area contributed by atoms with Crippen LogP contribution in [0.15, 0.2) is 52.8 Å². The van der Waals surface area contributed by atoms with E-state index in [1.165, 1.54) is 19.4 Å². The van der Waals surface area contributed by atoms with Gasteiger partial charge in [-0.1, -0.05) is 0 Å². The molecule has 0 radical (unpaired) electrons. The van der Waals surface area contributed by atoms with Gasteiger partial charge in [-0.25, -0.2) is 8.42 Å². The van der Waals surface area contributed by atoms with E-state index >= 15 is 0 Å². The fourth-order valence-electron chi connectivity index (χ4n) is 2.78. The maximum Gasteiger partial charge on any atom is 0.268 e. The number of carbonyl (C=O) groups excluding carboxylic acids is 2. The second kappa shape index (κ2) is 8.30. The number of carbonyl (C=O) groups is 2. The molecule has 1 atom stereocenters. The normalized spacial score (nSPS) is 18.5. The smallest absolute Gasteiger partial charge is 0.268 e. The van der Waals surface area contributed by atoms with E-state index in [0.29, 0.717) is 23.5 Å². The van der Waals surface area contributed by atoms with E-state index in [2.05, 4.69) is 10.6 Å². The van der Waals surface area contributed by atoms with Crippen LogP contribution in [0.1, 0.15) is 22.5 Å². The molecule has 2 heterocycles. The van der Waals surface area contributed by atoms with Crippen molar-refractivity contribution in [2.75, 3.05) is 18.6 Å². The summed E-state index contributed by atoms with van der Waals surface area (Å²) < 4.78 is 33.5. The third kappa shape index (κ3) is 5.01. The maximum absolute atomic E-state index is 12.7. The highest BCUT2D eigenvalue weighted by Crippen LogP contribution is 2.14. The van der Waals surface area contributed by atoms with E-state index in [4.69, 9.17) is 9.15 Å². The van der Waals surface area contributed by atoms with Gasteiger partial charge in [0.25, 0.3) is 11.8 Å². The number of amides is 2. The van der Waals surface area contributed by atoms with Crippen LogP contribution in [-0.2, 0) is 14.6 Å². The lowest BCUT2D eigenvalue weighted by atomic mass is 10.2. The predicted molar refractivity (Wildman–Crippen MR) is 102 cm³/mol. The van der Waals surface area contributed by atoms with Gasteiger partial charge in [0.2, 0.25) is 0 Å². The quantitative estimate of drug-likeness (QED) is 0.703. The lowest BCUT2D eigenvalue weighted by Crippen LogP contribution is -2.41. The fourth-order valence-corrected chi connectivity index (χ4v) is 4.46. The van der Waals surface area contributed by atoms with Gasteiger partial charge in [0.05, 0.1) is 24.9 Å². The van der Waals surface area contributed by atoms with Crippen LogP contribution in [0, 0.1) is 0 Å². The van der Waals surface area contributed by atoms with Crippen LogP contribution in [0.4, 0.5) is 0 Å². The first-order valence-electron chi connectivity index (χ1n) is 8.58. The molecule has 2 amide bonds. The molecule has 0 bridgehead atoms. The highest BCUT2D eigenvalue weighted by Gasteiger charge is 2.30. The van der Waals surface area contributed by atoms with Crippen LogP contribution in [0.2, 0.25) is 0 Å². The average Bonchev–Trinajstić information content (AvgIpc) is 3.30. The highest BCUT2D eigenvalue weighted by molar-refractivity contribution is 7.91. The molecule has 0 spiro atoms. The van der Waals surface area contributed by atoms with Crippen LogP contribution < -0.4 is 15.4 Å². The van der Waals surface area contributed by atoms with Crippen LogP contribution in [0.3, 0.4) is 0 Å². The lowest BCUT2D eigenvalue weighted by molar-refractivity contribution is -0.118. The summed E-state index contributed by atoms with van der Waals surface area (Å²) in [6, 6.07) is 9.20. The van der Waals surface area contributed by atoms with Gasteiger partial charge in [-0.2, -0.15) is 0 Å². The van der Waals surface area contributed by atoms with Crippen molar-refractivity contribution in [3.63, 3.8) is 0 Å². The first kappa shape index (κ1) is 19.7. The Balaban J connectivity index is 1.77. The molecular weight excluding hydrogens is 384 g/mol. The van der Waals surface area contributed by atoms with Crippen molar-refractivity contribution >= 4 is 27.7 Å². The van der Waals surface area contributed by atoms with Crippen molar-refractivity contribution in [2.45, 2.75) is 12.5 Å². The maximum atomic E-state index is 12.7. The number of benzene rings is 1. The molecule has 148 valence electrons. The molecule has 9 heteroatoms. The Morgan fingerprint density at radius 1 is 1.21 bits per heavy atom. The number of rotatable bonds is 6. The number of furan rings is 1. The molecule has 1 aliphatic heterocycles. The monoisotopic (exact) mass is 404 g/mol. The van der Waals surface area contributed by atoms with E-state index in [0.717, 1.165) is 0 Å². The highest BCUT2D eigenvalue weighted by atomic mass is 32.2. The summed E-state index contributed by atoms with van der Waals surface area (Å²) in [7, 11) is -1.62. The van der Waals surface area contributed by atoms with Gasteiger partial charge >= 0.3 is 0 Å². The van der Waals surface area contributed by atoms with Gasteiger partial charge in [-0.3, -0.25) is 9.59 Å². The molecule has 1 aromatic carbocycles. The summed E-state index contributed by atoms with van der Waals surface area (Å²) in [5.74, 6) is -0.177. The molecule has 0 saturated carbocycles. The molecule has 1 aromatic heterocycles. The number of methoxy groups -OCH3 is 1. The standard InChI is InChI=1S/C19H20N2O6S/c1-26-15-6-4-13(5-7-15)18(22)21-17(11-16-3-2-9-27-16)19(23)20-14-8-10-28(24,25)12-14/h2-7,9,11,14H,8,10,12H2,1H3,(H,20,23)(H,21,22)/b17-11+/t14-/m1/s1. The third-order valence-corrected chi connectivity index (χ3v) is 6.01. The van der Waals surface area contributed by atoms with Gasteiger partial charge in [0.15, 0.2) is 9.84 Å². The van der Waals surface area contributed by atoms with Crippen LogP contribution >= 0.6 is 0 Å². The Hall–Kier alpha value is -3.07.